The zero-order valence-electron chi connectivity index (χ0n) is 15.6. The number of ether oxygens (including phenoxy) is 2. The average molecular weight is 357 g/mol. The van der Waals surface area contributed by atoms with Crippen molar-refractivity contribution < 1.29 is 23.9 Å². The van der Waals surface area contributed by atoms with E-state index in [4.69, 9.17) is 10.5 Å². The molecule has 0 saturated carbocycles. The van der Waals surface area contributed by atoms with E-state index in [0.29, 0.717) is 25.8 Å². The van der Waals surface area contributed by atoms with Crippen molar-refractivity contribution in [3.63, 3.8) is 0 Å². The van der Waals surface area contributed by atoms with Crippen LogP contribution in [-0.2, 0) is 19.1 Å². The number of nitrogens with one attached hydrogen (secondary N) is 2. The number of nitrogens with two attached hydrogens (primary N) is 1. The second kappa shape index (κ2) is 11.5. The molecule has 2 amide bonds. The van der Waals surface area contributed by atoms with Crippen molar-refractivity contribution in [1.82, 2.24) is 10.6 Å². The van der Waals surface area contributed by atoms with E-state index in [9.17, 15) is 14.4 Å². The van der Waals surface area contributed by atoms with Gasteiger partial charge in [0, 0.05) is 6.54 Å². The lowest BCUT2D eigenvalue weighted by Crippen LogP contribution is -2.48. The summed E-state index contributed by atoms with van der Waals surface area (Å²) in [6.45, 7) is 9.35. The molecule has 0 aliphatic rings. The number of hydrogen-bond acceptors (Lipinski definition) is 6. The molecule has 0 fully saturated rings. The van der Waals surface area contributed by atoms with E-state index in [1.807, 2.05) is 0 Å². The summed E-state index contributed by atoms with van der Waals surface area (Å²) >= 11 is 0. The second-order valence-electron chi connectivity index (χ2n) is 6.64. The first-order valence-electron chi connectivity index (χ1n) is 8.32. The number of unbranched alkanes of at least 4 members (excludes halogenated alkanes) is 1. The quantitative estimate of drug-likeness (QED) is 0.307. The fourth-order valence-electron chi connectivity index (χ4n) is 1.93. The molecule has 2 unspecified atom stereocenters. The highest BCUT2D eigenvalue weighted by Gasteiger charge is 2.23. The Labute approximate surface area is 149 Å². The van der Waals surface area contributed by atoms with Crippen LogP contribution in [0.2, 0.25) is 0 Å². The Kier molecular flexibility index (Phi) is 10.5. The minimum atomic E-state index is -0.783. The maximum atomic E-state index is 12.0. The van der Waals surface area contributed by atoms with E-state index in [1.54, 1.807) is 20.8 Å². The van der Waals surface area contributed by atoms with Gasteiger partial charge in [0.25, 0.3) is 0 Å². The van der Waals surface area contributed by atoms with Gasteiger partial charge in [-0.1, -0.05) is 6.08 Å². The Morgan fingerprint density at radius 3 is 2.40 bits per heavy atom. The minimum Gasteiger partial charge on any atom is -0.467 e. The summed E-state index contributed by atoms with van der Waals surface area (Å²) < 4.78 is 9.73. The molecular formula is C17H31N3O5. The van der Waals surface area contributed by atoms with Crippen molar-refractivity contribution in [2.75, 3.05) is 13.7 Å². The standard InChI is InChI=1S/C17H31N3O5/c1-6-9-13(15(22)24-5)20-14(21)12(18)10-7-8-11-19-16(23)25-17(2,3)4/h6,12-13H,1,7-11,18H2,2-5H3,(H,19,23)(H,20,21). The van der Waals surface area contributed by atoms with Gasteiger partial charge >= 0.3 is 12.1 Å². The summed E-state index contributed by atoms with van der Waals surface area (Å²) in [5.74, 6) is -0.959. The molecule has 8 heteroatoms. The van der Waals surface area contributed by atoms with E-state index in [2.05, 4.69) is 21.9 Å². The number of hydrogen-bond donors (Lipinski definition) is 3. The van der Waals surface area contributed by atoms with Gasteiger partial charge in [-0.2, -0.15) is 0 Å². The molecule has 0 aromatic rings. The third-order valence-corrected chi connectivity index (χ3v) is 3.15. The van der Waals surface area contributed by atoms with E-state index in [-0.39, 0.29) is 6.42 Å². The van der Waals surface area contributed by atoms with Crippen molar-refractivity contribution in [2.45, 2.75) is 64.1 Å². The molecule has 144 valence electrons. The minimum absolute atomic E-state index is 0.269. The van der Waals surface area contributed by atoms with E-state index < -0.39 is 35.7 Å². The molecule has 25 heavy (non-hydrogen) atoms. The van der Waals surface area contributed by atoms with Gasteiger partial charge in [-0.05, 0) is 46.5 Å². The first-order valence-corrected chi connectivity index (χ1v) is 8.32. The summed E-state index contributed by atoms with van der Waals surface area (Å²) in [5, 5.41) is 5.19. The summed E-state index contributed by atoms with van der Waals surface area (Å²) in [6.07, 6.45) is 3.06. The van der Waals surface area contributed by atoms with Crippen molar-refractivity contribution >= 4 is 18.0 Å². The Bertz CT molecular complexity index is 460. The maximum Gasteiger partial charge on any atom is 0.407 e. The molecule has 0 aliphatic heterocycles. The van der Waals surface area contributed by atoms with Gasteiger partial charge in [0.1, 0.15) is 11.6 Å². The van der Waals surface area contributed by atoms with Crippen LogP contribution in [-0.4, -0.2) is 49.3 Å². The smallest absolute Gasteiger partial charge is 0.407 e. The number of esters is 1. The van der Waals surface area contributed by atoms with Gasteiger partial charge in [-0.15, -0.1) is 6.58 Å². The number of carbonyl (C=O) groups excluding carboxylic acids is 3. The molecule has 0 rings (SSSR count). The topological polar surface area (TPSA) is 120 Å². The first kappa shape index (κ1) is 22.9. The Morgan fingerprint density at radius 2 is 1.88 bits per heavy atom. The molecule has 0 spiro atoms. The highest BCUT2D eigenvalue weighted by Crippen LogP contribution is 2.06. The van der Waals surface area contributed by atoms with Crippen LogP contribution in [0.3, 0.4) is 0 Å². The lowest BCUT2D eigenvalue weighted by atomic mass is 10.1. The van der Waals surface area contributed by atoms with Crippen molar-refractivity contribution in [3.05, 3.63) is 12.7 Å². The first-order chi connectivity index (χ1) is 11.6. The van der Waals surface area contributed by atoms with Crippen molar-refractivity contribution in [2.24, 2.45) is 5.73 Å². The number of methoxy groups -OCH3 is 1. The second-order valence-corrected chi connectivity index (χ2v) is 6.64. The molecule has 4 N–H and O–H groups in total. The maximum absolute atomic E-state index is 12.0. The highest BCUT2D eigenvalue weighted by atomic mass is 16.6. The molecular weight excluding hydrogens is 326 g/mol. The SMILES string of the molecule is C=CCC(NC(=O)C(N)CCCCNC(=O)OC(C)(C)C)C(=O)OC. The van der Waals surface area contributed by atoms with Gasteiger partial charge in [0.15, 0.2) is 0 Å². The van der Waals surface area contributed by atoms with E-state index in [1.165, 1.54) is 13.2 Å². The summed E-state index contributed by atoms with van der Waals surface area (Å²) in [6, 6.07) is -1.52. The van der Waals surface area contributed by atoms with Gasteiger partial charge in [0.2, 0.25) is 5.91 Å². The van der Waals surface area contributed by atoms with Gasteiger partial charge in [-0.25, -0.2) is 9.59 Å². The summed E-state index contributed by atoms with van der Waals surface area (Å²) in [4.78, 5) is 35.0. The zero-order valence-corrected chi connectivity index (χ0v) is 15.6. The van der Waals surface area contributed by atoms with Crippen LogP contribution in [0.4, 0.5) is 4.79 Å². The van der Waals surface area contributed by atoms with Crippen LogP contribution >= 0.6 is 0 Å². The molecule has 0 saturated heterocycles. The number of alkyl carbamates (subject to hydrolysis) is 1. The number of rotatable bonds is 10. The van der Waals surface area contributed by atoms with Crippen LogP contribution < -0.4 is 16.4 Å². The van der Waals surface area contributed by atoms with Gasteiger partial charge in [0.05, 0.1) is 13.2 Å². The largest absolute Gasteiger partial charge is 0.467 e. The molecule has 0 heterocycles. The van der Waals surface area contributed by atoms with Crippen LogP contribution in [0.15, 0.2) is 12.7 Å². The number of carbonyl (C=O) groups is 3. The number of amides is 2. The Hall–Kier alpha value is -2.09. The molecule has 2 atom stereocenters. The lowest BCUT2D eigenvalue weighted by molar-refractivity contribution is -0.145. The van der Waals surface area contributed by atoms with Crippen molar-refractivity contribution in [3.8, 4) is 0 Å². The fraction of sp³-hybridized carbons (Fsp3) is 0.706. The van der Waals surface area contributed by atoms with Crippen molar-refractivity contribution in [1.29, 1.82) is 0 Å². The van der Waals surface area contributed by atoms with Gasteiger partial charge in [-0.3, -0.25) is 4.79 Å². The lowest BCUT2D eigenvalue weighted by Gasteiger charge is -2.20. The summed E-state index contributed by atoms with van der Waals surface area (Å²) in [5.41, 5.74) is 5.29. The van der Waals surface area contributed by atoms with Crippen LogP contribution in [0, 0.1) is 0 Å². The average Bonchev–Trinajstić information content (AvgIpc) is 2.51. The molecule has 0 bridgehead atoms. The normalized spacial score (nSPS) is 13.3. The zero-order chi connectivity index (χ0) is 19.5. The molecule has 0 radical (unpaired) electrons. The van der Waals surface area contributed by atoms with Crippen LogP contribution in [0.5, 0.6) is 0 Å². The predicted molar refractivity (Wildman–Crippen MR) is 94.8 cm³/mol. The Balaban J connectivity index is 4.06. The highest BCUT2D eigenvalue weighted by molar-refractivity contribution is 5.87. The molecule has 0 aliphatic carbocycles. The van der Waals surface area contributed by atoms with Gasteiger partial charge < -0.3 is 25.8 Å². The van der Waals surface area contributed by atoms with E-state index >= 15 is 0 Å². The third-order valence-electron chi connectivity index (χ3n) is 3.15. The monoisotopic (exact) mass is 357 g/mol. The Morgan fingerprint density at radius 1 is 1.24 bits per heavy atom. The summed E-state index contributed by atoms with van der Waals surface area (Å²) in [7, 11) is 1.25. The predicted octanol–water partition coefficient (Wildman–Crippen LogP) is 1.24. The molecule has 8 nitrogen and oxygen atoms in total. The van der Waals surface area contributed by atoms with E-state index in [0.717, 1.165) is 0 Å². The third kappa shape index (κ3) is 11.1. The molecule has 0 aromatic carbocycles. The van der Waals surface area contributed by atoms with Crippen LogP contribution in [0.25, 0.3) is 0 Å². The van der Waals surface area contributed by atoms with Crippen LogP contribution in [0.1, 0.15) is 46.5 Å². The fourth-order valence-corrected chi connectivity index (χ4v) is 1.93. The molecule has 0 aromatic heterocycles.